The summed E-state index contributed by atoms with van der Waals surface area (Å²) in [6.07, 6.45) is 1.41. The van der Waals surface area contributed by atoms with Gasteiger partial charge >= 0.3 is 5.97 Å². The fourth-order valence-electron chi connectivity index (χ4n) is 1.30. The fraction of sp³-hybridized carbons (Fsp3) is 0.231. The van der Waals surface area contributed by atoms with Crippen LogP contribution in [0.5, 0.6) is 0 Å². The van der Waals surface area contributed by atoms with Crippen LogP contribution in [0.4, 0.5) is 0 Å². The van der Waals surface area contributed by atoms with Gasteiger partial charge in [0.25, 0.3) is 0 Å². The lowest BCUT2D eigenvalue weighted by atomic mass is 10.2. The predicted octanol–water partition coefficient (Wildman–Crippen LogP) is 1.30. The molecule has 19 heavy (non-hydrogen) atoms. The van der Waals surface area contributed by atoms with Crippen LogP contribution in [0, 0.1) is 0 Å². The number of rotatable bonds is 6. The number of aliphatic hydroxyl groups is 1. The standard InChI is InChI=1S/C13H14ClNO4/c14-10-3-1-2-9(8-10)4-5-12(17)15-7-6-11(16)13(18)19/h1-5,8,11,16H,6-7H2,(H,15,17)(H,18,19)/b5-4+/t11-/m0/s1. The Kier molecular flexibility index (Phi) is 6.05. The van der Waals surface area contributed by atoms with Crippen molar-refractivity contribution in [2.75, 3.05) is 6.54 Å². The number of carbonyl (C=O) groups excluding carboxylic acids is 1. The number of aliphatic hydroxyl groups excluding tert-OH is 1. The molecule has 0 unspecified atom stereocenters. The van der Waals surface area contributed by atoms with E-state index in [1.54, 1.807) is 30.3 Å². The molecule has 0 aliphatic heterocycles. The third-order valence-corrected chi connectivity index (χ3v) is 2.51. The van der Waals surface area contributed by atoms with Crippen LogP contribution in [0.15, 0.2) is 30.3 Å². The van der Waals surface area contributed by atoms with Gasteiger partial charge in [0, 0.05) is 24.1 Å². The Morgan fingerprint density at radius 2 is 2.16 bits per heavy atom. The van der Waals surface area contributed by atoms with Crippen molar-refractivity contribution >= 4 is 29.6 Å². The number of halogens is 1. The topological polar surface area (TPSA) is 86.6 Å². The quantitative estimate of drug-likeness (QED) is 0.687. The van der Waals surface area contributed by atoms with Gasteiger partial charge in [0.1, 0.15) is 0 Å². The molecule has 0 fully saturated rings. The van der Waals surface area contributed by atoms with Crippen molar-refractivity contribution < 1.29 is 19.8 Å². The number of hydrogen-bond donors (Lipinski definition) is 3. The maximum absolute atomic E-state index is 11.4. The summed E-state index contributed by atoms with van der Waals surface area (Å²) in [7, 11) is 0. The molecule has 0 saturated carbocycles. The van der Waals surface area contributed by atoms with E-state index >= 15 is 0 Å². The van der Waals surface area contributed by atoms with Crippen molar-refractivity contribution in [1.29, 1.82) is 0 Å². The first-order chi connectivity index (χ1) is 8.99. The maximum Gasteiger partial charge on any atom is 0.332 e. The zero-order chi connectivity index (χ0) is 14.3. The first kappa shape index (κ1) is 15.2. The molecule has 0 aliphatic rings. The molecule has 1 aromatic rings. The van der Waals surface area contributed by atoms with Crippen molar-refractivity contribution in [3.8, 4) is 0 Å². The van der Waals surface area contributed by atoms with Crippen LogP contribution >= 0.6 is 11.6 Å². The summed E-state index contributed by atoms with van der Waals surface area (Å²) in [5.74, 6) is -1.67. The van der Waals surface area contributed by atoms with E-state index in [1.807, 2.05) is 0 Å². The largest absolute Gasteiger partial charge is 0.479 e. The van der Waals surface area contributed by atoms with Crippen LogP contribution in [0.2, 0.25) is 5.02 Å². The highest BCUT2D eigenvalue weighted by Crippen LogP contribution is 2.11. The molecule has 3 N–H and O–H groups in total. The van der Waals surface area contributed by atoms with Crippen LogP contribution < -0.4 is 5.32 Å². The number of nitrogens with one attached hydrogen (secondary N) is 1. The molecule has 0 aromatic heterocycles. The second-order valence-electron chi connectivity index (χ2n) is 3.82. The Morgan fingerprint density at radius 1 is 1.42 bits per heavy atom. The lowest BCUT2D eigenvalue weighted by molar-refractivity contribution is -0.147. The highest BCUT2D eigenvalue weighted by atomic mass is 35.5. The molecule has 0 spiro atoms. The lowest BCUT2D eigenvalue weighted by Crippen LogP contribution is -2.28. The van der Waals surface area contributed by atoms with E-state index in [1.165, 1.54) is 6.08 Å². The van der Waals surface area contributed by atoms with E-state index in [0.717, 1.165) is 5.56 Å². The molecule has 1 rings (SSSR count). The fourth-order valence-corrected chi connectivity index (χ4v) is 1.50. The van der Waals surface area contributed by atoms with Gasteiger partial charge in [-0.05, 0) is 23.8 Å². The summed E-state index contributed by atoms with van der Waals surface area (Å²) in [5, 5.41) is 20.5. The molecule has 0 saturated heterocycles. The molecule has 5 nitrogen and oxygen atoms in total. The molecule has 1 amide bonds. The van der Waals surface area contributed by atoms with E-state index in [2.05, 4.69) is 5.32 Å². The van der Waals surface area contributed by atoms with Gasteiger partial charge in [-0.2, -0.15) is 0 Å². The molecule has 6 heteroatoms. The molecule has 0 aliphatic carbocycles. The van der Waals surface area contributed by atoms with Gasteiger partial charge in [-0.15, -0.1) is 0 Å². The number of carbonyl (C=O) groups is 2. The van der Waals surface area contributed by atoms with E-state index in [0.29, 0.717) is 5.02 Å². The number of amides is 1. The SMILES string of the molecule is O=C(/C=C/c1cccc(Cl)c1)NCC[C@H](O)C(=O)O. The smallest absolute Gasteiger partial charge is 0.332 e. The van der Waals surface area contributed by atoms with Crippen molar-refractivity contribution in [3.05, 3.63) is 40.9 Å². The van der Waals surface area contributed by atoms with Gasteiger partial charge in [0.2, 0.25) is 5.91 Å². The van der Waals surface area contributed by atoms with Gasteiger partial charge in [-0.25, -0.2) is 4.79 Å². The summed E-state index contributed by atoms with van der Waals surface area (Å²) >= 11 is 5.79. The van der Waals surface area contributed by atoms with Crippen LogP contribution in [-0.2, 0) is 9.59 Å². The number of hydrogen-bond acceptors (Lipinski definition) is 3. The van der Waals surface area contributed by atoms with E-state index in [9.17, 15) is 9.59 Å². The van der Waals surface area contributed by atoms with Crippen LogP contribution in [0.3, 0.4) is 0 Å². The molecule has 0 radical (unpaired) electrons. The zero-order valence-electron chi connectivity index (χ0n) is 10.0. The Balaban J connectivity index is 2.37. The molecule has 0 bridgehead atoms. The minimum absolute atomic E-state index is 0.0356. The third-order valence-electron chi connectivity index (χ3n) is 2.28. The summed E-state index contributed by atoms with van der Waals surface area (Å²) in [6.45, 7) is 0.0895. The van der Waals surface area contributed by atoms with Gasteiger partial charge in [0.15, 0.2) is 6.10 Å². The summed E-state index contributed by atoms with van der Waals surface area (Å²) in [4.78, 5) is 21.7. The van der Waals surface area contributed by atoms with Crippen molar-refractivity contribution in [1.82, 2.24) is 5.32 Å². The van der Waals surface area contributed by atoms with Gasteiger partial charge in [-0.3, -0.25) is 4.79 Å². The van der Waals surface area contributed by atoms with E-state index in [-0.39, 0.29) is 18.9 Å². The zero-order valence-corrected chi connectivity index (χ0v) is 10.8. The van der Waals surface area contributed by atoms with Crippen LogP contribution in [0.1, 0.15) is 12.0 Å². The second kappa shape index (κ2) is 7.56. The first-order valence-corrected chi connectivity index (χ1v) is 5.99. The molecule has 1 atom stereocenters. The van der Waals surface area contributed by atoms with Gasteiger partial charge < -0.3 is 15.5 Å². The summed E-state index contributed by atoms with van der Waals surface area (Å²) < 4.78 is 0. The average molecular weight is 284 g/mol. The van der Waals surface area contributed by atoms with Gasteiger partial charge in [0.05, 0.1) is 0 Å². The average Bonchev–Trinajstić information content (AvgIpc) is 2.36. The number of benzene rings is 1. The molecule has 102 valence electrons. The minimum Gasteiger partial charge on any atom is -0.479 e. The Hall–Kier alpha value is -1.85. The van der Waals surface area contributed by atoms with Crippen molar-refractivity contribution in [2.24, 2.45) is 0 Å². The van der Waals surface area contributed by atoms with Crippen molar-refractivity contribution in [2.45, 2.75) is 12.5 Å². The van der Waals surface area contributed by atoms with Gasteiger partial charge in [-0.1, -0.05) is 23.7 Å². The van der Waals surface area contributed by atoms with Crippen LogP contribution in [-0.4, -0.2) is 34.7 Å². The Bertz CT molecular complexity index is 487. The lowest BCUT2D eigenvalue weighted by Gasteiger charge is -2.05. The summed E-state index contributed by atoms with van der Waals surface area (Å²) in [5.41, 5.74) is 0.785. The molecule has 1 aromatic carbocycles. The number of aliphatic carboxylic acids is 1. The Labute approximate surface area is 115 Å². The monoisotopic (exact) mass is 283 g/mol. The van der Waals surface area contributed by atoms with Crippen LogP contribution in [0.25, 0.3) is 6.08 Å². The molecular formula is C13H14ClNO4. The summed E-state index contributed by atoms with van der Waals surface area (Å²) in [6, 6.07) is 7.00. The first-order valence-electron chi connectivity index (χ1n) is 5.61. The third kappa shape index (κ3) is 6.03. The predicted molar refractivity (Wildman–Crippen MR) is 71.8 cm³/mol. The normalized spacial score (nSPS) is 12.3. The highest BCUT2D eigenvalue weighted by Gasteiger charge is 2.12. The number of carboxylic acid groups (broad SMARTS) is 1. The number of carboxylic acids is 1. The second-order valence-corrected chi connectivity index (χ2v) is 4.26. The maximum atomic E-state index is 11.4. The van der Waals surface area contributed by atoms with E-state index < -0.39 is 12.1 Å². The highest BCUT2D eigenvalue weighted by molar-refractivity contribution is 6.30. The van der Waals surface area contributed by atoms with E-state index in [4.69, 9.17) is 21.8 Å². The minimum atomic E-state index is -1.46. The molecular weight excluding hydrogens is 270 g/mol. The van der Waals surface area contributed by atoms with Crippen molar-refractivity contribution in [3.63, 3.8) is 0 Å². The molecule has 0 heterocycles. The Morgan fingerprint density at radius 3 is 2.79 bits per heavy atom.